The van der Waals surface area contributed by atoms with Crippen molar-refractivity contribution in [2.24, 2.45) is 0 Å². The highest BCUT2D eigenvalue weighted by molar-refractivity contribution is 7.13. The molecule has 0 spiro atoms. The number of nitrogens with one attached hydrogen (secondary N) is 1. The molecule has 1 aliphatic heterocycles. The number of rotatable bonds is 5. The first kappa shape index (κ1) is 17.9. The minimum Gasteiger partial charge on any atom is -0.414 e. The number of Topliss-reactive ketones (excluding diaryl/α,β-unsaturated/α-hetero) is 1. The lowest BCUT2D eigenvalue weighted by Gasteiger charge is -2.35. The van der Waals surface area contributed by atoms with Crippen LogP contribution in [-0.4, -0.2) is 42.2 Å². The SMILES string of the molecule is CC(=O)c1ccc(N2CC[NH+]([C@@H](C)c3nnc(-c4cccs4)o3)CC2)cc1. The van der Waals surface area contributed by atoms with E-state index >= 15 is 0 Å². The molecule has 3 aromatic rings. The van der Waals surface area contributed by atoms with E-state index in [1.165, 1.54) is 10.6 Å². The van der Waals surface area contributed by atoms with Crippen LogP contribution < -0.4 is 9.80 Å². The average Bonchev–Trinajstić information content (AvgIpc) is 3.39. The number of carbonyl (C=O) groups is 1. The maximum atomic E-state index is 11.4. The van der Waals surface area contributed by atoms with Crippen LogP contribution in [0.15, 0.2) is 46.2 Å². The molecule has 7 heteroatoms. The van der Waals surface area contributed by atoms with E-state index in [-0.39, 0.29) is 11.8 Å². The summed E-state index contributed by atoms with van der Waals surface area (Å²) in [6.45, 7) is 7.69. The van der Waals surface area contributed by atoms with Crippen LogP contribution in [0.2, 0.25) is 0 Å². The molecule has 0 amide bonds. The number of carbonyl (C=O) groups excluding carboxylic acids is 1. The van der Waals surface area contributed by atoms with Gasteiger partial charge in [0.05, 0.1) is 31.1 Å². The van der Waals surface area contributed by atoms with Crippen LogP contribution in [0.1, 0.15) is 36.1 Å². The molecule has 3 heterocycles. The molecule has 1 aliphatic rings. The first-order valence-electron chi connectivity index (χ1n) is 9.19. The third-order valence-electron chi connectivity index (χ3n) is 5.20. The molecular formula is C20H23N4O2S+. The van der Waals surface area contributed by atoms with Crippen molar-refractivity contribution in [1.29, 1.82) is 0 Å². The van der Waals surface area contributed by atoms with E-state index in [4.69, 9.17) is 4.42 Å². The molecule has 1 fully saturated rings. The molecule has 0 radical (unpaired) electrons. The third kappa shape index (κ3) is 3.79. The number of piperazine rings is 1. The van der Waals surface area contributed by atoms with Gasteiger partial charge >= 0.3 is 0 Å². The van der Waals surface area contributed by atoms with Crippen LogP contribution in [0.5, 0.6) is 0 Å². The van der Waals surface area contributed by atoms with Gasteiger partial charge in [-0.15, -0.1) is 21.5 Å². The summed E-state index contributed by atoms with van der Waals surface area (Å²) in [4.78, 5) is 16.3. The van der Waals surface area contributed by atoms with Crippen molar-refractivity contribution >= 4 is 22.8 Å². The molecule has 1 aromatic carbocycles. The predicted molar refractivity (Wildman–Crippen MR) is 105 cm³/mol. The molecular weight excluding hydrogens is 360 g/mol. The molecule has 1 atom stereocenters. The summed E-state index contributed by atoms with van der Waals surface area (Å²) in [5, 5.41) is 10.5. The van der Waals surface area contributed by atoms with Crippen molar-refractivity contribution in [2.75, 3.05) is 31.1 Å². The second-order valence-corrected chi connectivity index (χ2v) is 7.84. The normalized spacial score (nSPS) is 16.4. The minimum atomic E-state index is 0.103. The van der Waals surface area contributed by atoms with Gasteiger partial charge in [-0.2, -0.15) is 0 Å². The molecule has 2 aromatic heterocycles. The van der Waals surface area contributed by atoms with E-state index in [2.05, 4.69) is 22.0 Å². The number of hydrogen-bond donors (Lipinski definition) is 1. The zero-order valence-corrected chi connectivity index (χ0v) is 16.3. The lowest BCUT2D eigenvalue weighted by molar-refractivity contribution is -0.931. The monoisotopic (exact) mass is 383 g/mol. The molecule has 0 aliphatic carbocycles. The van der Waals surface area contributed by atoms with Crippen LogP contribution in [0, 0.1) is 0 Å². The van der Waals surface area contributed by atoms with Crippen LogP contribution in [0.25, 0.3) is 10.8 Å². The number of anilines is 1. The Morgan fingerprint density at radius 2 is 1.93 bits per heavy atom. The van der Waals surface area contributed by atoms with E-state index in [9.17, 15) is 4.79 Å². The van der Waals surface area contributed by atoms with E-state index < -0.39 is 0 Å². The first-order chi connectivity index (χ1) is 13.1. The largest absolute Gasteiger partial charge is 0.414 e. The Bertz CT molecular complexity index is 896. The highest BCUT2D eigenvalue weighted by Crippen LogP contribution is 2.24. The van der Waals surface area contributed by atoms with Crippen molar-refractivity contribution in [3.05, 3.63) is 53.2 Å². The van der Waals surface area contributed by atoms with Crippen molar-refractivity contribution < 1.29 is 14.1 Å². The number of aromatic nitrogens is 2. The number of quaternary nitrogens is 1. The van der Waals surface area contributed by atoms with E-state index in [1.54, 1.807) is 18.3 Å². The highest BCUT2D eigenvalue weighted by atomic mass is 32.1. The number of hydrogen-bond acceptors (Lipinski definition) is 6. The molecule has 4 rings (SSSR count). The van der Waals surface area contributed by atoms with Gasteiger partial charge < -0.3 is 14.2 Å². The summed E-state index contributed by atoms with van der Waals surface area (Å²) in [5.74, 6) is 1.41. The average molecular weight is 383 g/mol. The Kier molecular flexibility index (Phi) is 5.05. The second kappa shape index (κ2) is 7.62. The lowest BCUT2D eigenvalue weighted by Crippen LogP contribution is -3.14. The van der Waals surface area contributed by atoms with Gasteiger partial charge in [-0.3, -0.25) is 4.79 Å². The Morgan fingerprint density at radius 1 is 1.19 bits per heavy atom. The zero-order valence-electron chi connectivity index (χ0n) is 15.5. The van der Waals surface area contributed by atoms with Gasteiger partial charge in [-0.25, -0.2) is 0 Å². The van der Waals surface area contributed by atoms with Crippen LogP contribution in [0.4, 0.5) is 5.69 Å². The summed E-state index contributed by atoms with van der Waals surface area (Å²) < 4.78 is 5.91. The van der Waals surface area contributed by atoms with Crippen molar-refractivity contribution in [3.8, 4) is 10.8 Å². The molecule has 0 unspecified atom stereocenters. The maximum absolute atomic E-state index is 11.4. The minimum absolute atomic E-state index is 0.103. The third-order valence-corrected chi connectivity index (χ3v) is 6.06. The molecule has 140 valence electrons. The standard InChI is InChI=1S/C20H22N4O2S/c1-14(19-21-22-20(26-19)18-4-3-13-27-18)23-9-11-24(12-10-23)17-7-5-16(6-8-17)15(2)25/h3-8,13-14H,9-12H2,1-2H3/p+1/t14-/m0/s1. The molecule has 1 saturated heterocycles. The maximum Gasteiger partial charge on any atom is 0.274 e. The summed E-state index contributed by atoms with van der Waals surface area (Å²) in [6, 6.07) is 12.0. The van der Waals surface area contributed by atoms with Crippen LogP contribution in [-0.2, 0) is 0 Å². The van der Waals surface area contributed by atoms with Gasteiger partial charge in [0, 0.05) is 11.3 Å². The van der Waals surface area contributed by atoms with Crippen molar-refractivity contribution in [1.82, 2.24) is 10.2 Å². The lowest BCUT2D eigenvalue weighted by atomic mass is 10.1. The molecule has 0 saturated carbocycles. The number of nitrogens with zero attached hydrogens (tertiary/aromatic N) is 3. The first-order valence-corrected chi connectivity index (χ1v) is 10.1. The van der Waals surface area contributed by atoms with Crippen LogP contribution in [0.3, 0.4) is 0 Å². The molecule has 0 bridgehead atoms. The van der Waals surface area contributed by atoms with Crippen molar-refractivity contribution in [2.45, 2.75) is 19.9 Å². The van der Waals surface area contributed by atoms with Gasteiger partial charge in [0.1, 0.15) is 0 Å². The predicted octanol–water partition coefficient (Wildman–Crippen LogP) is 2.47. The summed E-state index contributed by atoms with van der Waals surface area (Å²) >= 11 is 1.61. The fraction of sp³-hybridized carbons (Fsp3) is 0.350. The fourth-order valence-corrected chi connectivity index (χ4v) is 4.12. The molecule has 27 heavy (non-hydrogen) atoms. The Hall–Kier alpha value is -2.51. The topological polar surface area (TPSA) is 63.7 Å². The van der Waals surface area contributed by atoms with Crippen LogP contribution >= 0.6 is 11.3 Å². The number of ketones is 1. The molecule has 6 nitrogen and oxygen atoms in total. The zero-order chi connectivity index (χ0) is 18.8. The van der Waals surface area contributed by atoms with Crippen molar-refractivity contribution in [3.63, 3.8) is 0 Å². The number of thiophene rings is 1. The van der Waals surface area contributed by atoms with E-state index in [0.717, 1.165) is 36.6 Å². The Balaban J connectivity index is 1.38. The van der Waals surface area contributed by atoms with Gasteiger partial charge in [-0.05, 0) is 49.6 Å². The van der Waals surface area contributed by atoms with Gasteiger partial charge in [-0.1, -0.05) is 6.07 Å². The number of benzene rings is 1. The Morgan fingerprint density at radius 3 is 2.56 bits per heavy atom. The highest BCUT2D eigenvalue weighted by Gasteiger charge is 2.29. The van der Waals surface area contributed by atoms with E-state index in [1.807, 2.05) is 41.8 Å². The van der Waals surface area contributed by atoms with Gasteiger partial charge in [0.15, 0.2) is 11.8 Å². The van der Waals surface area contributed by atoms with E-state index in [0.29, 0.717) is 11.8 Å². The van der Waals surface area contributed by atoms with Gasteiger partial charge in [0.2, 0.25) is 0 Å². The Labute approximate surface area is 162 Å². The second-order valence-electron chi connectivity index (χ2n) is 6.89. The summed E-state index contributed by atoms with van der Waals surface area (Å²) in [5.41, 5.74) is 1.93. The van der Waals surface area contributed by atoms with Gasteiger partial charge in [0.25, 0.3) is 11.8 Å². The smallest absolute Gasteiger partial charge is 0.274 e. The summed E-state index contributed by atoms with van der Waals surface area (Å²) in [7, 11) is 0. The molecule has 1 N–H and O–H groups in total. The fourth-order valence-electron chi connectivity index (χ4n) is 3.48. The summed E-state index contributed by atoms with van der Waals surface area (Å²) in [6.07, 6.45) is 0. The quantitative estimate of drug-likeness (QED) is 0.686.